The lowest BCUT2D eigenvalue weighted by Gasteiger charge is -2.21. The SMILES string of the molecule is O=C(/C=C/c1ccc(Cl)c(Cl)c1)N1CCC2CN(C(=O)c3ccc4[nH]nnc4c3)C[C@H]2CC1. The molecule has 2 aliphatic rings. The molecule has 3 heterocycles. The Hall–Kier alpha value is -2.90. The van der Waals surface area contributed by atoms with E-state index in [1.807, 2.05) is 28.0 Å². The molecule has 0 aliphatic carbocycles. The summed E-state index contributed by atoms with van der Waals surface area (Å²) in [6.45, 7) is 2.83. The van der Waals surface area contributed by atoms with Crippen molar-refractivity contribution in [3.63, 3.8) is 0 Å². The Morgan fingerprint density at radius 1 is 0.970 bits per heavy atom. The third-order valence-electron chi connectivity index (χ3n) is 6.65. The highest BCUT2D eigenvalue weighted by atomic mass is 35.5. The van der Waals surface area contributed by atoms with E-state index >= 15 is 0 Å². The summed E-state index contributed by atoms with van der Waals surface area (Å²) in [5.41, 5.74) is 2.98. The average Bonchev–Trinajstić information content (AvgIpc) is 3.41. The zero-order valence-corrected chi connectivity index (χ0v) is 19.4. The molecule has 33 heavy (non-hydrogen) atoms. The minimum absolute atomic E-state index is 0.00473. The van der Waals surface area contributed by atoms with Gasteiger partial charge in [-0.3, -0.25) is 14.7 Å². The van der Waals surface area contributed by atoms with E-state index < -0.39 is 0 Å². The van der Waals surface area contributed by atoms with Crippen molar-refractivity contribution >= 4 is 52.1 Å². The van der Waals surface area contributed by atoms with Crippen LogP contribution in [0.2, 0.25) is 10.0 Å². The molecular weight excluding hydrogens is 461 g/mol. The largest absolute Gasteiger partial charge is 0.339 e. The molecule has 0 saturated carbocycles. The van der Waals surface area contributed by atoms with Gasteiger partial charge in [-0.2, -0.15) is 0 Å². The highest BCUT2D eigenvalue weighted by Crippen LogP contribution is 2.33. The highest BCUT2D eigenvalue weighted by Gasteiger charge is 2.37. The van der Waals surface area contributed by atoms with E-state index in [2.05, 4.69) is 15.4 Å². The predicted octanol–water partition coefficient (Wildman–Crippen LogP) is 4.29. The summed E-state index contributed by atoms with van der Waals surface area (Å²) in [5.74, 6) is 0.837. The molecular formula is C24H23Cl2N5O2. The summed E-state index contributed by atoms with van der Waals surface area (Å²) >= 11 is 12.0. The molecule has 1 unspecified atom stereocenters. The first-order valence-electron chi connectivity index (χ1n) is 11.0. The molecule has 2 aromatic carbocycles. The number of H-pyrrole nitrogens is 1. The van der Waals surface area contributed by atoms with Crippen molar-refractivity contribution in [3.8, 4) is 0 Å². The van der Waals surface area contributed by atoms with Crippen molar-refractivity contribution < 1.29 is 9.59 Å². The summed E-state index contributed by atoms with van der Waals surface area (Å²) in [5, 5.41) is 11.6. The van der Waals surface area contributed by atoms with Gasteiger partial charge in [0.1, 0.15) is 5.52 Å². The van der Waals surface area contributed by atoms with Crippen LogP contribution in [0.4, 0.5) is 0 Å². The van der Waals surface area contributed by atoms with Crippen molar-refractivity contribution in [2.45, 2.75) is 12.8 Å². The molecule has 2 amide bonds. The number of carbonyl (C=O) groups is 2. The Bertz CT molecular complexity index is 1220. The molecule has 3 aromatic rings. The molecule has 170 valence electrons. The average molecular weight is 484 g/mol. The number of amides is 2. The standard InChI is InChI=1S/C24H23Cl2N5O2/c25-19-4-1-15(11-20(19)26)2-6-23(32)30-9-7-17-13-31(14-18(17)8-10-30)24(33)16-3-5-21-22(12-16)28-29-27-21/h1-6,11-12,17-18H,7-10,13-14H2,(H,27,28,29)/b6-2+/t17-,18?/m1/s1. The second-order valence-electron chi connectivity index (χ2n) is 8.68. The summed E-state index contributed by atoms with van der Waals surface area (Å²) in [6, 6.07) is 10.7. The normalized spacial score (nSPS) is 20.9. The van der Waals surface area contributed by atoms with Gasteiger partial charge >= 0.3 is 0 Å². The van der Waals surface area contributed by atoms with Crippen LogP contribution in [0.25, 0.3) is 17.1 Å². The Labute approximate surface area is 201 Å². The van der Waals surface area contributed by atoms with Crippen molar-refractivity contribution in [1.29, 1.82) is 0 Å². The van der Waals surface area contributed by atoms with E-state index in [1.165, 1.54) is 0 Å². The van der Waals surface area contributed by atoms with E-state index in [0.29, 0.717) is 46.1 Å². The summed E-state index contributed by atoms with van der Waals surface area (Å²) < 4.78 is 0. The number of carbonyl (C=O) groups excluding carboxylic acids is 2. The van der Waals surface area contributed by atoms with Crippen LogP contribution in [-0.2, 0) is 4.79 Å². The van der Waals surface area contributed by atoms with Gasteiger partial charge in [-0.15, -0.1) is 5.10 Å². The third-order valence-corrected chi connectivity index (χ3v) is 7.39. The van der Waals surface area contributed by atoms with E-state index in [4.69, 9.17) is 23.2 Å². The Kier molecular flexibility index (Phi) is 6.08. The quantitative estimate of drug-likeness (QED) is 0.563. The highest BCUT2D eigenvalue weighted by molar-refractivity contribution is 6.42. The van der Waals surface area contributed by atoms with Gasteiger partial charge < -0.3 is 9.80 Å². The van der Waals surface area contributed by atoms with Crippen LogP contribution in [0.1, 0.15) is 28.8 Å². The summed E-state index contributed by atoms with van der Waals surface area (Å²) in [6.07, 6.45) is 5.14. The number of nitrogens with one attached hydrogen (secondary N) is 1. The number of likely N-dealkylation sites (tertiary alicyclic amines) is 2. The first-order chi connectivity index (χ1) is 16.0. The van der Waals surface area contributed by atoms with Gasteiger partial charge in [0, 0.05) is 37.8 Å². The molecule has 0 spiro atoms. The maximum Gasteiger partial charge on any atom is 0.253 e. The number of halogens is 2. The lowest BCUT2D eigenvalue weighted by atomic mass is 9.92. The van der Waals surface area contributed by atoms with E-state index in [-0.39, 0.29) is 11.8 Å². The van der Waals surface area contributed by atoms with Crippen molar-refractivity contribution in [2.24, 2.45) is 11.8 Å². The molecule has 2 atom stereocenters. The Balaban J connectivity index is 1.19. The topological polar surface area (TPSA) is 82.2 Å². The van der Waals surface area contributed by atoms with Crippen molar-refractivity contribution in [2.75, 3.05) is 26.2 Å². The number of benzene rings is 2. The van der Waals surface area contributed by atoms with E-state index in [1.54, 1.807) is 30.4 Å². The maximum atomic E-state index is 13.1. The molecule has 2 fully saturated rings. The molecule has 2 saturated heterocycles. The lowest BCUT2D eigenvalue weighted by molar-refractivity contribution is -0.126. The molecule has 1 aromatic heterocycles. The first-order valence-corrected chi connectivity index (χ1v) is 11.8. The van der Waals surface area contributed by atoms with Crippen LogP contribution in [0, 0.1) is 11.8 Å². The zero-order valence-electron chi connectivity index (χ0n) is 17.9. The molecule has 5 rings (SSSR count). The minimum Gasteiger partial charge on any atom is -0.339 e. The van der Waals surface area contributed by atoms with Crippen LogP contribution >= 0.6 is 23.2 Å². The van der Waals surface area contributed by atoms with Gasteiger partial charge in [0.05, 0.1) is 15.6 Å². The summed E-state index contributed by atoms with van der Waals surface area (Å²) in [4.78, 5) is 29.6. The van der Waals surface area contributed by atoms with Gasteiger partial charge in [0.15, 0.2) is 0 Å². The second-order valence-corrected chi connectivity index (χ2v) is 9.50. The number of hydrogen-bond donors (Lipinski definition) is 1. The Morgan fingerprint density at radius 3 is 2.45 bits per heavy atom. The van der Waals surface area contributed by atoms with Gasteiger partial charge in [-0.05, 0) is 66.6 Å². The van der Waals surface area contributed by atoms with Crippen LogP contribution < -0.4 is 0 Å². The number of hydrogen-bond acceptors (Lipinski definition) is 4. The molecule has 0 radical (unpaired) electrons. The molecule has 1 N–H and O–H groups in total. The van der Waals surface area contributed by atoms with Crippen molar-refractivity contribution in [1.82, 2.24) is 25.2 Å². The van der Waals surface area contributed by atoms with Gasteiger partial charge in [-0.1, -0.05) is 34.5 Å². The minimum atomic E-state index is -0.00473. The fraction of sp³-hybridized carbons (Fsp3) is 0.333. The lowest BCUT2D eigenvalue weighted by Crippen LogP contribution is -2.33. The zero-order chi connectivity index (χ0) is 22.9. The molecule has 9 heteroatoms. The smallest absolute Gasteiger partial charge is 0.253 e. The first kappa shape index (κ1) is 21.9. The fourth-order valence-corrected chi connectivity index (χ4v) is 5.09. The van der Waals surface area contributed by atoms with Gasteiger partial charge in [0.25, 0.3) is 5.91 Å². The molecule has 0 bridgehead atoms. The van der Waals surface area contributed by atoms with Crippen LogP contribution in [-0.4, -0.2) is 63.2 Å². The van der Waals surface area contributed by atoms with Gasteiger partial charge in [0.2, 0.25) is 5.91 Å². The predicted molar refractivity (Wildman–Crippen MR) is 128 cm³/mol. The molecule has 7 nitrogen and oxygen atoms in total. The Morgan fingerprint density at radius 2 is 1.73 bits per heavy atom. The number of rotatable bonds is 3. The van der Waals surface area contributed by atoms with Crippen LogP contribution in [0.15, 0.2) is 42.5 Å². The monoisotopic (exact) mass is 483 g/mol. The number of aromatic nitrogens is 3. The summed E-state index contributed by atoms with van der Waals surface area (Å²) in [7, 11) is 0. The van der Waals surface area contributed by atoms with Crippen LogP contribution in [0.5, 0.6) is 0 Å². The number of nitrogens with zero attached hydrogens (tertiary/aromatic N) is 4. The van der Waals surface area contributed by atoms with Crippen molar-refractivity contribution in [3.05, 3.63) is 63.6 Å². The molecule has 2 aliphatic heterocycles. The maximum absolute atomic E-state index is 13.1. The van der Waals surface area contributed by atoms with Gasteiger partial charge in [-0.25, -0.2) is 0 Å². The number of aromatic amines is 1. The van der Waals surface area contributed by atoms with E-state index in [0.717, 1.165) is 37.0 Å². The fourth-order valence-electron chi connectivity index (χ4n) is 4.78. The third kappa shape index (κ3) is 4.61. The second kappa shape index (κ2) is 9.15. The van der Waals surface area contributed by atoms with E-state index in [9.17, 15) is 9.59 Å². The van der Waals surface area contributed by atoms with Crippen LogP contribution in [0.3, 0.4) is 0 Å². The number of fused-ring (bicyclic) bond motifs is 2.